The quantitative estimate of drug-likeness (QED) is 0.204. The summed E-state index contributed by atoms with van der Waals surface area (Å²) in [6, 6.07) is 54.4. The van der Waals surface area contributed by atoms with Gasteiger partial charge >= 0.3 is 0 Å². The summed E-state index contributed by atoms with van der Waals surface area (Å²) in [6.07, 6.45) is 0. The van der Waals surface area contributed by atoms with Gasteiger partial charge in [-0.2, -0.15) is 0 Å². The molecule has 0 aliphatic carbocycles. The second-order valence-corrected chi connectivity index (χ2v) is 11.1. The summed E-state index contributed by atoms with van der Waals surface area (Å²) in [5.41, 5.74) is 8.20. The van der Waals surface area contributed by atoms with Crippen molar-refractivity contribution in [3.05, 3.63) is 158 Å². The first kappa shape index (κ1) is 25.3. The first-order valence-corrected chi connectivity index (χ1v) is 15.0. The fraction of sp³-hybridized carbons (Fsp3) is 0. The van der Waals surface area contributed by atoms with Crippen LogP contribution in [0.5, 0.6) is 0 Å². The van der Waals surface area contributed by atoms with Crippen LogP contribution in [0, 0.1) is 0 Å². The molecule has 0 unspecified atom stereocenters. The second kappa shape index (κ2) is 10.2. The largest absolute Gasteiger partial charge is 0.455 e. The molecule has 6 aromatic carbocycles. The van der Waals surface area contributed by atoms with Crippen molar-refractivity contribution in [1.29, 1.82) is 0 Å². The first-order chi connectivity index (χ1) is 22.3. The maximum absolute atomic E-state index is 6.59. The Balaban J connectivity index is 1.26. The Labute approximate surface area is 259 Å². The van der Waals surface area contributed by atoms with Crippen LogP contribution in [-0.2, 0) is 0 Å². The molecule has 45 heavy (non-hydrogen) atoms. The number of para-hydroxylation sites is 2. The molecule has 0 radical (unpaired) electrons. The van der Waals surface area contributed by atoms with E-state index in [1.807, 2.05) is 54.6 Å². The summed E-state index contributed by atoms with van der Waals surface area (Å²) >= 11 is 0. The van der Waals surface area contributed by atoms with Gasteiger partial charge in [-0.25, -0.2) is 0 Å². The summed E-state index contributed by atoms with van der Waals surface area (Å²) in [4.78, 5) is 0. The number of benzene rings is 6. The van der Waals surface area contributed by atoms with Crippen molar-refractivity contribution in [2.45, 2.75) is 0 Å². The minimum absolute atomic E-state index is 0.781. The monoisotopic (exact) mass is 578 g/mol. The lowest BCUT2D eigenvalue weighted by Crippen LogP contribution is -2.01. The molecule has 0 amide bonds. The summed E-state index contributed by atoms with van der Waals surface area (Å²) in [5, 5.41) is 12.8. The van der Waals surface area contributed by atoms with Gasteiger partial charge in [-0.3, -0.25) is 4.57 Å². The van der Waals surface area contributed by atoms with Crippen molar-refractivity contribution in [2.24, 2.45) is 0 Å². The van der Waals surface area contributed by atoms with E-state index >= 15 is 0 Å². The standard InChI is InChI=1S/C40H26N4O/c1-4-13-27(14-5-1)36-26-29-23-24-35-37(38(29)45-36)33-21-10-11-22-34(33)43(35)32-20-12-17-30(25-32)40-42-41-39(28-15-6-2-7-16-28)44(40)31-18-8-3-9-19-31/h1-26H. The van der Waals surface area contributed by atoms with Crippen molar-refractivity contribution in [1.82, 2.24) is 19.3 Å². The predicted octanol–water partition coefficient (Wildman–Crippen LogP) is 10.1. The highest BCUT2D eigenvalue weighted by atomic mass is 16.3. The maximum atomic E-state index is 6.59. The van der Waals surface area contributed by atoms with Gasteiger partial charge in [0.2, 0.25) is 0 Å². The van der Waals surface area contributed by atoms with Crippen LogP contribution in [0.15, 0.2) is 162 Å². The maximum Gasteiger partial charge on any atom is 0.168 e. The Kier molecular flexibility index (Phi) is 5.74. The van der Waals surface area contributed by atoms with E-state index in [1.165, 1.54) is 0 Å². The zero-order valence-electron chi connectivity index (χ0n) is 24.2. The van der Waals surface area contributed by atoms with Crippen molar-refractivity contribution in [3.8, 4) is 45.5 Å². The Morgan fingerprint density at radius 1 is 0.444 bits per heavy atom. The molecule has 3 aromatic heterocycles. The van der Waals surface area contributed by atoms with E-state index in [0.29, 0.717) is 0 Å². The van der Waals surface area contributed by atoms with E-state index in [4.69, 9.17) is 9.52 Å². The Hall–Kier alpha value is -6.20. The van der Waals surface area contributed by atoms with Crippen molar-refractivity contribution in [2.75, 3.05) is 0 Å². The van der Waals surface area contributed by atoms with Crippen LogP contribution in [0.25, 0.3) is 78.2 Å². The highest BCUT2D eigenvalue weighted by Gasteiger charge is 2.20. The van der Waals surface area contributed by atoms with E-state index in [0.717, 1.165) is 78.2 Å². The third-order valence-electron chi connectivity index (χ3n) is 8.45. The van der Waals surface area contributed by atoms with Gasteiger partial charge in [0.25, 0.3) is 0 Å². The Morgan fingerprint density at radius 2 is 1.07 bits per heavy atom. The van der Waals surface area contributed by atoms with Crippen LogP contribution in [0.1, 0.15) is 0 Å². The number of fused-ring (bicyclic) bond motifs is 5. The highest BCUT2D eigenvalue weighted by Crippen LogP contribution is 2.40. The lowest BCUT2D eigenvalue weighted by atomic mass is 10.1. The summed E-state index contributed by atoms with van der Waals surface area (Å²) in [5.74, 6) is 2.45. The summed E-state index contributed by atoms with van der Waals surface area (Å²) in [7, 11) is 0. The average Bonchev–Trinajstić information content (AvgIpc) is 3.83. The molecule has 0 aliphatic heterocycles. The van der Waals surface area contributed by atoms with Gasteiger partial charge in [-0.05, 0) is 48.5 Å². The van der Waals surface area contributed by atoms with Crippen LogP contribution in [0.3, 0.4) is 0 Å². The Morgan fingerprint density at radius 3 is 1.84 bits per heavy atom. The van der Waals surface area contributed by atoms with Crippen LogP contribution >= 0.6 is 0 Å². The zero-order valence-corrected chi connectivity index (χ0v) is 24.2. The smallest absolute Gasteiger partial charge is 0.168 e. The molecule has 0 saturated carbocycles. The normalized spacial score (nSPS) is 11.6. The molecule has 0 fully saturated rings. The molecule has 0 spiro atoms. The molecule has 3 heterocycles. The van der Waals surface area contributed by atoms with Crippen LogP contribution < -0.4 is 0 Å². The minimum atomic E-state index is 0.781. The number of hydrogen-bond donors (Lipinski definition) is 0. The fourth-order valence-corrected chi connectivity index (χ4v) is 6.42. The molecule has 9 aromatic rings. The first-order valence-electron chi connectivity index (χ1n) is 15.0. The van der Waals surface area contributed by atoms with Gasteiger partial charge in [0.1, 0.15) is 11.3 Å². The van der Waals surface area contributed by atoms with Gasteiger partial charge in [-0.15, -0.1) is 10.2 Å². The molecule has 0 saturated heterocycles. The van der Waals surface area contributed by atoms with E-state index in [-0.39, 0.29) is 0 Å². The lowest BCUT2D eigenvalue weighted by molar-refractivity contribution is 0.635. The van der Waals surface area contributed by atoms with Crippen LogP contribution in [0.4, 0.5) is 0 Å². The Bertz CT molecular complexity index is 2470. The van der Waals surface area contributed by atoms with E-state index in [9.17, 15) is 0 Å². The SMILES string of the molecule is c1ccc(-c2cc3ccc4c(c5ccccc5n4-c4cccc(-c5nnc(-c6ccccc6)n5-c5ccccc5)c4)c3o2)cc1. The van der Waals surface area contributed by atoms with Gasteiger partial charge in [0, 0.05) is 38.8 Å². The van der Waals surface area contributed by atoms with Crippen molar-refractivity contribution in [3.63, 3.8) is 0 Å². The molecular formula is C40H26N4O. The van der Waals surface area contributed by atoms with Gasteiger partial charge in [0.05, 0.1) is 16.4 Å². The van der Waals surface area contributed by atoms with E-state index in [1.54, 1.807) is 0 Å². The zero-order chi connectivity index (χ0) is 29.7. The molecule has 0 atom stereocenters. The fourth-order valence-electron chi connectivity index (χ4n) is 6.42. The summed E-state index contributed by atoms with van der Waals surface area (Å²) in [6.45, 7) is 0. The highest BCUT2D eigenvalue weighted by molar-refractivity contribution is 6.20. The number of rotatable bonds is 5. The number of aromatic nitrogens is 4. The van der Waals surface area contributed by atoms with Gasteiger partial charge in [-0.1, -0.05) is 109 Å². The molecule has 0 aliphatic rings. The predicted molar refractivity (Wildman–Crippen MR) is 182 cm³/mol. The third kappa shape index (κ3) is 4.09. The van der Waals surface area contributed by atoms with E-state index < -0.39 is 0 Å². The molecular weight excluding hydrogens is 552 g/mol. The van der Waals surface area contributed by atoms with Gasteiger partial charge < -0.3 is 8.98 Å². The second-order valence-electron chi connectivity index (χ2n) is 11.1. The van der Waals surface area contributed by atoms with Crippen LogP contribution in [0.2, 0.25) is 0 Å². The minimum Gasteiger partial charge on any atom is -0.455 e. The molecule has 5 heteroatoms. The molecule has 212 valence electrons. The van der Waals surface area contributed by atoms with Crippen molar-refractivity contribution >= 4 is 32.8 Å². The molecule has 9 rings (SSSR count). The van der Waals surface area contributed by atoms with E-state index in [2.05, 4.69) is 117 Å². The molecule has 0 bridgehead atoms. The molecule has 0 N–H and O–H groups in total. The number of furan rings is 1. The molecule has 5 nitrogen and oxygen atoms in total. The topological polar surface area (TPSA) is 48.8 Å². The van der Waals surface area contributed by atoms with Crippen LogP contribution in [-0.4, -0.2) is 19.3 Å². The van der Waals surface area contributed by atoms with Gasteiger partial charge in [0.15, 0.2) is 11.6 Å². The third-order valence-corrected chi connectivity index (χ3v) is 8.45. The lowest BCUT2D eigenvalue weighted by Gasteiger charge is -2.13. The van der Waals surface area contributed by atoms with Crippen molar-refractivity contribution < 1.29 is 4.42 Å². The number of nitrogens with zero attached hydrogens (tertiary/aromatic N) is 4. The average molecular weight is 579 g/mol. The summed E-state index contributed by atoms with van der Waals surface area (Å²) < 4.78 is 11.0. The number of hydrogen-bond acceptors (Lipinski definition) is 3.